The first-order chi connectivity index (χ1) is 11.3. The van der Waals surface area contributed by atoms with Crippen LogP contribution in [-0.2, 0) is 4.74 Å². The molecule has 0 aromatic carbocycles. The molecule has 23 heavy (non-hydrogen) atoms. The van der Waals surface area contributed by atoms with Crippen molar-refractivity contribution in [2.75, 3.05) is 4.90 Å². The van der Waals surface area contributed by atoms with Crippen LogP contribution < -0.4 is 4.90 Å². The number of carbonyl (C=O) groups is 1. The first kappa shape index (κ1) is 13.8. The van der Waals surface area contributed by atoms with E-state index < -0.39 is 0 Å². The molecule has 1 saturated carbocycles. The molecule has 0 spiro atoms. The zero-order valence-electron chi connectivity index (χ0n) is 12.5. The lowest BCUT2D eigenvalue weighted by Gasteiger charge is -2.18. The summed E-state index contributed by atoms with van der Waals surface area (Å²) in [6, 6.07) is 7.59. The van der Waals surface area contributed by atoms with Crippen LogP contribution in [0.25, 0.3) is 0 Å². The average molecular weight is 305 g/mol. The number of fused-ring (bicyclic) bond motifs is 1. The summed E-state index contributed by atoms with van der Waals surface area (Å²) in [7, 11) is 0. The highest BCUT2D eigenvalue weighted by molar-refractivity contribution is 5.89. The molecule has 114 valence electrons. The Kier molecular flexibility index (Phi) is 3.43. The fraction of sp³-hybridized carbons (Fsp3) is 0.278. The van der Waals surface area contributed by atoms with Crippen LogP contribution >= 0.6 is 0 Å². The highest BCUT2D eigenvalue weighted by atomic mass is 16.6. The van der Waals surface area contributed by atoms with E-state index in [0.717, 1.165) is 30.4 Å². The zero-order valence-corrected chi connectivity index (χ0v) is 12.5. The van der Waals surface area contributed by atoms with E-state index in [1.165, 1.54) is 0 Å². The molecule has 5 nitrogen and oxygen atoms in total. The summed E-state index contributed by atoms with van der Waals surface area (Å²) in [4.78, 5) is 22.1. The summed E-state index contributed by atoms with van der Waals surface area (Å²) < 4.78 is 5.40. The second-order valence-corrected chi connectivity index (χ2v) is 5.69. The lowest BCUT2D eigenvalue weighted by atomic mass is 10.2. The Morgan fingerprint density at radius 3 is 2.74 bits per heavy atom. The molecule has 2 fully saturated rings. The van der Waals surface area contributed by atoms with Crippen LogP contribution in [-0.4, -0.2) is 28.2 Å². The van der Waals surface area contributed by atoms with E-state index >= 15 is 0 Å². The monoisotopic (exact) mass is 305 g/mol. The van der Waals surface area contributed by atoms with E-state index in [-0.39, 0.29) is 18.2 Å². The highest BCUT2D eigenvalue weighted by Gasteiger charge is 2.45. The number of aromatic nitrogens is 2. The Hall–Kier alpha value is -2.87. The molecule has 2 aromatic rings. The lowest BCUT2D eigenvalue weighted by molar-refractivity contribution is 0.138. The number of hydrogen-bond acceptors (Lipinski definition) is 4. The molecule has 1 aliphatic carbocycles. The smallest absolute Gasteiger partial charge is 0.416 e. The Morgan fingerprint density at radius 1 is 1.13 bits per heavy atom. The van der Waals surface area contributed by atoms with Crippen LogP contribution in [0.2, 0.25) is 0 Å². The van der Waals surface area contributed by atoms with Crippen LogP contribution in [0.5, 0.6) is 0 Å². The van der Waals surface area contributed by atoms with Crippen LogP contribution in [0.15, 0.2) is 42.9 Å². The third-order valence-electron chi connectivity index (χ3n) is 4.21. The normalized spacial score (nSPS) is 22.3. The summed E-state index contributed by atoms with van der Waals surface area (Å²) in [5, 5.41) is 0. The van der Waals surface area contributed by atoms with Crippen molar-refractivity contribution in [3.8, 4) is 11.8 Å². The Balaban J connectivity index is 1.55. The molecule has 1 aliphatic heterocycles. The van der Waals surface area contributed by atoms with Gasteiger partial charge in [-0.05, 0) is 43.5 Å². The van der Waals surface area contributed by atoms with E-state index in [2.05, 4.69) is 21.8 Å². The first-order valence-electron chi connectivity index (χ1n) is 7.69. The second kappa shape index (κ2) is 5.73. The molecule has 2 aliphatic rings. The number of pyridine rings is 2. The minimum absolute atomic E-state index is 0.0225. The van der Waals surface area contributed by atoms with Crippen molar-refractivity contribution in [2.45, 2.75) is 31.4 Å². The first-order valence-corrected chi connectivity index (χ1v) is 7.69. The predicted molar refractivity (Wildman–Crippen MR) is 84.8 cm³/mol. The van der Waals surface area contributed by atoms with Gasteiger partial charge in [0.15, 0.2) is 0 Å². The molecule has 0 N–H and O–H groups in total. The van der Waals surface area contributed by atoms with Gasteiger partial charge in [0.1, 0.15) is 11.9 Å². The molecule has 0 bridgehead atoms. The van der Waals surface area contributed by atoms with Gasteiger partial charge in [0.05, 0.1) is 6.04 Å². The number of amides is 1. The molecule has 1 saturated heterocycles. The maximum Gasteiger partial charge on any atom is 0.416 e. The standard InChI is InChI=1S/C18H15N3O2/c22-18-21(15-4-1-5-16(15)23-18)17-9-8-14(12-20-17)7-6-13-3-2-10-19-11-13/h2-3,8-12,15-16H,1,4-5H2. The van der Waals surface area contributed by atoms with Crippen LogP contribution in [0, 0.1) is 11.8 Å². The molecular formula is C18H15N3O2. The zero-order chi connectivity index (χ0) is 15.6. The summed E-state index contributed by atoms with van der Waals surface area (Å²) in [6.45, 7) is 0. The number of carbonyl (C=O) groups excluding carboxylic acids is 1. The van der Waals surface area contributed by atoms with Gasteiger partial charge in [-0.3, -0.25) is 9.88 Å². The van der Waals surface area contributed by atoms with Gasteiger partial charge in [-0.15, -0.1) is 0 Å². The Labute approximate surface area is 134 Å². The van der Waals surface area contributed by atoms with E-state index in [1.807, 2.05) is 24.3 Å². The van der Waals surface area contributed by atoms with Gasteiger partial charge in [-0.25, -0.2) is 9.78 Å². The van der Waals surface area contributed by atoms with Gasteiger partial charge in [0.25, 0.3) is 0 Å². The average Bonchev–Trinajstić information content (AvgIpc) is 3.14. The lowest BCUT2D eigenvalue weighted by Crippen LogP contribution is -2.34. The summed E-state index contributed by atoms with van der Waals surface area (Å²) in [6.07, 6.45) is 7.86. The third-order valence-corrected chi connectivity index (χ3v) is 4.21. The van der Waals surface area contributed by atoms with Crippen molar-refractivity contribution >= 4 is 11.9 Å². The van der Waals surface area contributed by atoms with Gasteiger partial charge < -0.3 is 4.74 Å². The van der Waals surface area contributed by atoms with Crippen molar-refractivity contribution < 1.29 is 9.53 Å². The van der Waals surface area contributed by atoms with Gasteiger partial charge in [-0.2, -0.15) is 0 Å². The molecule has 2 atom stereocenters. The number of hydrogen-bond donors (Lipinski definition) is 0. The molecule has 2 unspecified atom stereocenters. The quantitative estimate of drug-likeness (QED) is 0.760. The van der Waals surface area contributed by atoms with Crippen molar-refractivity contribution in [3.05, 3.63) is 54.0 Å². The van der Waals surface area contributed by atoms with Gasteiger partial charge >= 0.3 is 6.09 Å². The van der Waals surface area contributed by atoms with Gasteiger partial charge in [-0.1, -0.05) is 11.8 Å². The Morgan fingerprint density at radius 2 is 2.00 bits per heavy atom. The topological polar surface area (TPSA) is 55.3 Å². The predicted octanol–water partition coefficient (Wildman–Crippen LogP) is 2.75. The van der Waals surface area contributed by atoms with E-state index in [9.17, 15) is 4.79 Å². The molecular weight excluding hydrogens is 290 g/mol. The maximum atomic E-state index is 12.0. The maximum absolute atomic E-state index is 12.0. The minimum Gasteiger partial charge on any atom is -0.444 e. The highest BCUT2D eigenvalue weighted by Crippen LogP contribution is 2.35. The minimum atomic E-state index is -0.290. The van der Waals surface area contributed by atoms with E-state index in [4.69, 9.17) is 4.74 Å². The number of ether oxygens (including phenoxy) is 1. The molecule has 0 radical (unpaired) electrons. The molecule has 3 heterocycles. The Bertz CT molecular complexity index is 777. The van der Waals surface area contributed by atoms with Crippen LogP contribution in [0.4, 0.5) is 10.6 Å². The van der Waals surface area contributed by atoms with Gasteiger partial charge in [0.2, 0.25) is 0 Å². The SMILES string of the molecule is O=C1OC2CCCC2N1c1ccc(C#Cc2cccnc2)cn1. The molecule has 1 amide bonds. The van der Waals surface area contributed by atoms with Crippen LogP contribution in [0.1, 0.15) is 30.4 Å². The fourth-order valence-electron chi connectivity index (χ4n) is 3.11. The fourth-order valence-corrected chi connectivity index (χ4v) is 3.11. The van der Waals surface area contributed by atoms with Crippen LogP contribution in [0.3, 0.4) is 0 Å². The van der Waals surface area contributed by atoms with Crippen molar-refractivity contribution in [3.63, 3.8) is 0 Å². The van der Waals surface area contributed by atoms with Crippen molar-refractivity contribution in [1.29, 1.82) is 0 Å². The number of nitrogens with zero attached hydrogens (tertiary/aromatic N) is 3. The summed E-state index contributed by atoms with van der Waals surface area (Å²) >= 11 is 0. The van der Waals surface area contributed by atoms with E-state index in [1.54, 1.807) is 23.5 Å². The molecule has 5 heteroatoms. The molecule has 2 aromatic heterocycles. The number of rotatable bonds is 1. The van der Waals surface area contributed by atoms with E-state index in [0.29, 0.717) is 5.82 Å². The van der Waals surface area contributed by atoms with Crippen molar-refractivity contribution in [1.82, 2.24) is 9.97 Å². The summed E-state index contributed by atoms with van der Waals surface area (Å²) in [5.41, 5.74) is 1.65. The van der Waals surface area contributed by atoms with Crippen molar-refractivity contribution in [2.24, 2.45) is 0 Å². The van der Waals surface area contributed by atoms with Gasteiger partial charge in [0, 0.05) is 29.7 Å². The molecule has 4 rings (SSSR count). The number of anilines is 1. The second-order valence-electron chi connectivity index (χ2n) is 5.69. The largest absolute Gasteiger partial charge is 0.444 e. The summed E-state index contributed by atoms with van der Waals surface area (Å²) in [5.74, 6) is 6.72. The third kappa shape index (κ3) is 2.64.